The zero-order valence-corrected chi connectivity index (χ0v) is 23.6. The van der Waals surface area contributed by atoms with Crippen LogP contribution >= 0.6 is 24.0 Å². The molecule has 1 aliphatic heterocycles. The number of hydrogen-bond acceptors (Lipinski definition) is 6. The van der Waals surface area contributed by atoms with E-state index < -0.39 is 17.1 Å². The Labute approximate surface area is 225 Å². The van der Waals surface area contributed by atoms with E-state index in [-0.39, 0.29) is 11.9 Å². The summed E-state index contributed by atoms with van der Waals surface area (Å²) < 4.78 is 10.8. The van der Waals surface area contributed by atoms with E-state index >= 15 is 0 Å². The van der Waals surface area contributed by atoms with Crippen LogP contribution in [-0.2, 0) is 16.1 Å². The van der Waals surface area contributed by atoms with E-state index in [4.69, 9.17) is 21.7 Å². The van der Waals surface area contributed by atoms with Gasteiger partial charge in [0.05, 0.1) is 18.1 Å². The smallest absolute Gasteiger partial charge is 0.411 e. The standard InChI is InChI=1S/C27H41N3O4S2/c1-27(2,3)34-26(32)30-16-17-36-25(30)23(31)29-22(15-12-19-8-6-5-7-9-19)24(35)28-18-20-10-13-21(33-4)14-11-20/h10-11,13-14,19,22,25H,5-9,12,15-18H2,1-4H3,(H,28,35)(H,29,31)/t22-,25?/m1/s1. The summed E-state index contributed by atoms with van der Waals surface area (Å²) in [7, 11) is 1.65. The molecule has 2 fully saturated rings. The Kier molecular flexibility index (Phi) is 10.7. The van der Waals surface area contributed by atoms with Crippen molar-refractivity contribution in [3.63, 3.8) is 0 Å². The van der Waals surface area contributed by atoms with Crippen LogP contribution in [0, 0.1) is 5.92 Å². The van der Waals surface area contributed by atoms with Crippen LogP contribution in [0.4, 0.5) is 4.79 Å². The molecule has 0 aromatic heterocycles. The second kappa shape index (κ2) is 13.5. The summed E-state index contributed by atoms with van der Waals surface area (Å²) >= 11 is 7.24. The van der Waals surface area contributed by atoms with Gasteiger partial charge in [-0.15, -0.1) is 11.8 Å². The number of carbonyl (C=O) groups excluding carboxylic acids is 2. The molecule has 2 N–H and O–H groups in total. The van der Waals surface area contributed by atoms with Crippen molar-refractivity contribution in [2.75, 3.05) is 19.4 Å². The average Bonchev–Trinajstić information content (AvgIpc) is 3.35. The van der Waals surface area contributed by atoms with Crippen LogP contribution in [-0.4, -0.2) is 58.3 Å². The lowest BCUT2D eigenvalue weighted by atomic mass is 9.85. The molecule has 2 amide bonds. The first-order valence-electron chi connectivity index (χ1n) is 13.0. The van der Waals surface area contributed by atoms with E-state index in [0.717, 1.165) is 24.2 Å². The van der Waals surface area contributed by atoms with Crippen molar-refractivity contribution in [1.29, 1.82) is 0 Å². The third kappa shape index (κ3) is 8.83. The van der Waals surface area contributed by atoms with Gasteiger partial charge in [0, 0.05) is 18.8 Å². The number of ether oxygens (including phenoxy) is 2. The van der Waals surface area contributed by atoms with Gasteiger partial charge in [0.25, 0.3) is 5.91 Å². The van der Waals surface area contributed by atoms with E-state index in [9.17, 15) is 9.59 Å². The van der Waals surface area contributed by atoms with Crippen molar-refractivity contribution < 1.29 is 19.1 Å². The number of benzene rings is 1. The first-order valence-corrected chi connectivity index (χ1v) is 14.4. The normalized spacial score (nSPS) is 19.4. The van der Waals surface area contributed by atoms with Gasteiger partial charge in [-0.3, -0.25) is 9.69 Å². The van der Waals surface area contributed by atoms with E-state index in [1.165, 1.54) is 48.8 Å². The number of nitrogens with zero attached hydrogens (tertiary/aromatic N) is 1. The second-order valence-corrected chi connectivity index (χ2v) is 12.2. The Hall–Kier alpha value is -2.00. The molecule has 1 aromatic rings. The predicted molar refractivity (Wildman–Crippen MR) is 149 cm³/mol. The average molecular weight is 536 g/mol. The zero-order chi connectivity index (χ0) is 26.1. The highest BCUT2D eigenvalue weighted by Gasteiger charge is 2.38. The van der Waals surface area contributed by atoms with Gasteiger partial charge >= 0.3 is 6.09 Å². The lowest BCUT2D eigenvalue weighted by Crippen LogP contribution is -2.52. The van der Waals surface area contributed by atoms with Gasteiger partial charge < -0.3 is 20.1 Å². The minimum Gasteiger partial charge on any atom is -0.497 e. The molecule has 1 aromatic carbocycles. The number of thioether (sulfide) groups is 1. The third-order valence-corrected chi connectivity index (χ3v) is 8.22. The monoisotopic (exact) mass is 535 g/mol. The van der Waals surface area contributed by atoms with Gasteiger partial charge in [0.1, 0.15) is 11.4 Å². The largest absolute Gasteiger partial charge is 0.497 e. The van der Waals surface area contributed by atoms with E-state index in [2.05, 4.69) is 10.6 Å². The van der Waals surface area contributed by atoms with Crippen LogP contribution in [0.15, 0.2) is 24.3 Å². The van der Waals surface area contributed by atoms with Crippen LogP contribution in [0.5, 0.6) is 5.75 Å². The molecule has 1 aliphatic carbocycles. The Balaban J connectivity index is 1.63. The molecule has 1 saturated heterocycles. The van der Waals surface area contributed by atoms with Crippen LogP contribution in [0.3, 0.4) is 0 Å². The Morgan fingerprint density at radius 3 is 2.50 bits per heavy atom. The highest BCUT2D eigenvalue weighted by molar-refractivity contribution is 8.00. The zero-order valence-electron chi connectivity index (χ0n) is 22.0. The van der Waals surface area contributed by atoms with Crippen LogP contribution < -0.4 is 15.4 Å². The molecular weight excluding hydrogens is 494 g/mol. The Morgan fingerprint density at radius 2 is 1.86 bits per heavy atom. The SMILES string of the molecule is COc1ccc(CNC(=S)[C@@H](CCC2CCCCC2)NC(=O)C2SCCN2C(=O)OC(C)(C)C)cc1. The van der Waals surface area contributed by atoms with Crippen molar-refractivity contribution >= 4 is 41.0 Å². The van der Waals surface area contributed by atoms with E-state index in [0.29, 0.717) is 29.7 Å². The van der Waals surface area contributed by atoms with Crippen LogP contribution in [0.25, 0.3) is 0 Å². The van der Waals surface area contributed by atoms with Gasteiger partial charge in [-0.2, -0.15) is 0 Å². The Bertz CT molecular complexity index is 882. The molecule has 3 rings (SSSR count). The molecule has 2 atom stereocenters. The van der Waals surface area contributed by atoms with Crippen molar-refractivity contribution in [1.82, 2.24) is 15.5 Å². The molecule has 0 radical (unpaired) electrons. The summed E-state index contributed by atoms with van der Waals surface area (Å²) in [5.41, 5.74) is 0.471. The number of nitrogens with one attached hydrogen (secondary N) is 2. The maximum Gasteiger partial charge on any atom is 0.411 e. The maximum atomic E-state index is 13.4. The first-order chi connectivity index (χ1) is 17.2. The highest BCUT2D eigenvalue weighted by Crippen LogP contribution is 2.29. The third-order valence-electron chi connectivity index (χ3n) is 6.59. The minimum atomic E-state index is -0.610. The summed E-state index contributed by atoms with van der Waals surface area (Å²) in [6, 6.07) is 7.56. The fourth-order valence-corrected chi connectivity index (χ4v) is 6.01. The van der Waals surface area contributed by atoms with Gasteiger partial charge in [-0.05, 0) is 57.2 Å². The molecule has 7 nitrogen and oxygen atoms in total. The Morgan fingerprint density at radius 1 is 1.17 bits per heavy atom. The molecular formula is C27H41N3O4S2. The number of thiocarbonyl (C=S) groups is 1. The molecule has 200 valence electrons. The number of hydrogen-bond donors (Lipinski definition) is 2. The number of amides is 2. The summed E-state index contributed by atoms with van der Waals surface area (Å²) in [6.07, 6.45) is 7.74. The van der Waals surface area contributed by atoms with Crippen LogP contribution in [0.2, 0.25) is 0 Å². The minimum absolute atomic E-state index is 0.189. The topological polar surface area (TPSA) is 79.9 Å². The van der Waals surface area contributed by atoms with Gasteiger partial charge in [0.2, 0.25) is 0 Å². The lowest BCUT2D eigenvalue weighted by molar-refractivity contribution is -0.123. The molecule has 1 heterocycles. The summed E-state index contributed by atoms with van der Waals surface area (Å²) in [6.45, 7) is 6.55. The number of methoxy groups -OCH3 is 1. The number of rotatable bonds is 9. The van der Waals surface area contributed by atoms with E-state index in [1.54, 1.807) is 7.11 Å². The maximum absolute atomic E-state index is 13.4. The molecule has 9 heteroatoms. The molecule has 1 saturated carbocycles. The van der Waals surface area contributed by atoms with Crippen LogP contribution in [0.1, 0.15) is 71.3 Å². The molecule has 1 unspecified atom stereocenters. The first kappa shape index (κ1) is 28.6. The lowest BCUT2D eigenvalue weighted by Gasteiger charge is -2.29. The summed E-state index contributed by atoms with van der Waals surface area (Å²) in [4.78, 5) is 28.2. The molecule has 0 bridgehead atoms. The number of carbonyl (C=O) groups is 2. The summed E-state index contributed by atoms with van der Waals surface area (Å²) in [5.74, 6) is 2.00. The van der Waals surface area contributed by atoms with Gasteiger partial charge in [-0.1, -0.05) is 56.5 Å². The molecule has 36 heavy (non-hydrogen) atoms. The fraction of sp³-hybridized carbons (Fsp3) is 0.667. The quantitative estimate of drug-likeness (QED) is 0.417. The fourth-order valence-electron chi connectivity index (χ4n) is 4.64. The summed E-state index contributed by atoms with van der Waals surface area (Å²) in [5, 5.41) is 5.91. The molecule has 0 spiro atoms. The van der Waals surface area contributed by atoms with Crippen molar-refractivity contribution in [3.05, 3.63) is 29.8 Å². The van der Waals surface area contributed by atoms with Crippen molar-refractivity contribution in [2.45, 2.75) is 89.3 Å². The second-order valence-electron chi connectivity index (χ2n) is 10.6. The van der Waals surface area contributed by atoms with Crippen molar-refractivity contribution in [2.24, 2.45) is 5.92 Å². The predicted octanol–water partition coefficient (Wildman–Crippen LogP) is 5.27. The molecule has 2 aliphatic rings. The van der Waals surface area contributed by atoms with Crippen molar-refractivity contribution in [3.8, 4) is 5.75 Å². The highest BCUT2D eigenvalue weighted by atomic mass is 32.2. The van der Waals surface area contributed by atoms with Gasteiger partial charge in [-0.25, -0.2) is 4.79 Å². The van der Waals surface area contributed by atoms with E-state index in [1.807, 2.05) is 45.0 Å². The van der Waals surface area contributed by atoms with Gasteiger partial charge in [0.15, 0.2) is 5.37 Å².